The molecule has 2 aromatic rings. The fourth-order valence-electron chi connectivity index (χ4n) is 4.47. The van der Waals surface area contributed by atoms with Crippen LogP contribution in [0.3, 0.4) is 0 Å². The molecule has 0 spiro atoms. The van der Waals surface area contributed by atoms with Crippen LogP contribution in [0.4, 0.5) is 5.95 Å². The molecule has 6 heteroatoms. The van der Waals surface area contributed by atoms with Gasteiger partial charge in [0.1, 0.15) is 5.60 Å². The van der Waals surface area contributed by atoms with E-state index >= 15 is 0 Å². The molecule has 0 aromatic carbocycles. The molecule has 0 bridgehead atoms. The third kappa shape index (κ3) is 3.08. The Morgan fingerprint density at radius 3 is 2.58 bits per heavy atom. The Hall–Kier alpha value is -2.05. The van der Waals surface area contributed by atoms with Gasteiger partial charge in [-0.3, -0.25) is 9.88 Å². The zero-order chi connectivity index (χ0) is 18.3. The highest BCUT2D eigenvalue weighted by Crippen LogP contribution is 2.50. The molecule has 0 radical (unpaired) electrons. The van der Waals surface area contributed by atoms with E-state index in [1.54, 1.807) is 0 Å². The maximum Gasteiger partial charge on any atom is 0.224 e. The van der Waals surface area contributed by atoms with Crippen LogP contribution in [0.1, 0.15) is 29.7 Å². The van der Waals surface area contributed by atoms with Gasteiger partial charge in [0.25, 0.3) is 0 Å². The summed E-state index contributed by atoms with van der Waals surface area (Å²) in [6.07, 6.45) is 7.54. The average molecular weight is 353 g/mol. The minimum Gasteiger partial charge on any atom is -0.383 e. The highest BCUT2D eigenvalue weighted by atomic mass is 16.3. The van der Waals surface area contributed by atoms with Gasteiger partial charge >= 0.3 is 0 Å². The largest absolute Gasteiger partial charge is 0.383 e. The summed E-state index contributed by atoms with van der Waals surface area (Å²) < 4.78 is 0. The van der Waals surface area contributed by atoms with E-state index in [2.05, 4.69) is 19.9 Å². The molecular weight excluding hydrogens is 326 g/mol. The molecule has 2 aromatic heterocycles. The number of likely N-dealkylation sites (tertiary alicyclic amines) is 1. The zero-order valence-corrected chi connectivity index (χ0v) is 15.8. The van der Waals surface area contributed by atoms with Crippen LogP contribution in [0.5, 0.6) is 0 Å². The van der Waals surface area contributed by atoms with E-state index in [4.69, 9.17) is 0 Å². The van der Waals surface area contributed by atoms with Crippen molar-refractivity contribution >= 4 is 5.95 Å². The summed E-state index contributed by atoms with van der Waals surface area (Å²) in [5, 5.41) is 11.4. The lowest BCUT2D eigenvalue weighted by Crippen LogP contribution is -2.35. The second kappa shape index (κ2) is 6.59. The number of pyridine rings is 1. The molecule has 138 valence electrons. The van der Waals surface area contributed by atoms with E-state index in [9.17, 15) is 5.11 Å². The first-order chi connectivity index (χ1) is 12.5. The van der Waals surface area contributed by atoms with Crippen molar-refractivity contribution in [1.29, 1.82) is 0 Å². The minimum atomic E-state index is -0.793. The molecule has 6 nitrogen and oxygen atoms in total. The Kier molecular flexibility index (Phi) is 4.40. The van der Waals surface area contributed by atoms with Crippen LogP contribution < -0.4 is 4.90 Å². The summed E-state index contributed by atoms with van der Waals surface area (Å²) in [6, 6.07) is 4.04. The normalized spacial score (nSPS) is 28.3. The first kappa shape index (κ1) is 17.4. The molecular formula is C20H27N5O. The molecule has 0 amide bonds. The van der Waals surface area contributed by atoms with E-state index in [-0.39, 0.29) is 5.92 Å². The Bertz CT molecular complexity index is 761. The summed E-state index contributed by atoms with van der Waals surface area (Å²) in [7, 11) is 3.88. The fraction of sp³-hybridized carbons (Fsp3) is 0.550. The van der Waals surface area contributed by atoms with Gasteiger partial charge in [-0.05, 0) is 37.3 Å². The number of rotatable bonds is 4. The van der Waals surface area contributed by atoms with Gasteiger partial charge < -0.3 is 10.0 Å². The number of aromatic nitrogens is 3. The standard InChI is InChI=1S/C20H27N5O/c1-14-4-5-18(21-8-14)20(26)7-6-16-12-25(13-17(16)20)11-15-9-22-19(23-10-15)24(2)3/h4-5,8-10,16-17,26H,6-7,11-13H2,1-3H3/t16-,17+,20-/m0/s1. The summed E-state index contributed by atoms with van der Waals surface area (Å²) in [4.78, 5) is 17.7. The van der Waals surface area contributed by atoms with Gasteiger partial charge in [-0.15, -0.1) is 0 Å². The lowest BCUT2D eigenvalue weighted by atomic mass is 9.85. The molecule has 3 heterocycles. The van der Waals surface area contributed by atoms with Gasteiger partial charge in [0.15, 0.2) is 0 Å². The van der Waals surface area contributed by atoms with Crippen LogP contribution in [0.25, 0.3) is 0 Å². The maximum absolute atomic E-state index is 11.4. The van der Waals surface area contributed by atoms with E-state index in [0.29, 0.717) is 5.92 Å². The Labute approximate surface area is 154 Å². The third-order valence-electron chi connectivity index (χ3n) is 5.88. The third-order valence-corrected chi connectivity index (χ3v) is 5.88. The molecule has 1 saturated heterocycles. The van der Waals surface area contributed by atoms with Crippen molar-refractivity contribution in [3.8, 4) is 0 Å². The molecule has 2 aliphatic rings. The lowest BCUT2D eigenvalue weighted by Gasteiger charge is -2.29. The smallest absolute Gasteiger partial charge is 0.224 e. The van der Waals surface area contributed by atoms with Crippen LogP contribution in [-0.4, -0.2) is 52.1 Å². The number of aryl methyl sites for hydroxylation is 1. The number of hydrogen-bond donors (Lipinski definition) is 1. The summed E-state index contributed by atoms with van der Waals surface area (Å²) in [5.41, 5.74) is 2.28. The highest BCUT2D eigenvalue weighted by molar-refractivity contribution is 5.27. The van der Waals surface area contributed by atoms with Crippen LogP contribution in [0.15, 0.2) is 30.7 Å². The SMILES string of the molecule is Cc1ccc([C@]2(O)CC[C@H]3CN(Cc4cnc(N(C)C)nc4)C[C@H]32)nc1. The van der Waals surface area contributed by atoms with Gasteiger partial charge in [-0.25, -0.2) is 9.97 Å². The molecule has 26 heavy (non-hydrogen) atoms. The lowest BCUT2D eigenvalue weighted by molar-refractivity contribution is -0.0108. The van der Waals surface area contributed by atoms with Crippen LogP contribution in [-0.2, 0) is 12.1 Å². The number of nitrogens with zero attached hydrogens (tertiary/aromatic N) is 5. The Morgan fingerprint density at radius 1 is 1.15 bits per heavy atom. The molecule has 1 N–H and O–H groups in total. The second-order valence-corrected chi connectivity index (χ2v) is 8.03. The summed E-state index contributed by atoms with van der Waals surface area (Å²) in [5.74, 6) is 1.51. The molecule has 3 atom stereocenters. The molecule has 1 aliphatic carbocycles. The number of hydrogen-bond acceptors (Lipinski definition) is 6. The van der Waals surface area contributed by atoms with Crippen molar-refractivity contribution in [2.75, 3.05) is 32.1 Å². The average Bonchev–Trinajstić information content (AvgIpc) is 3.16. The van der Waals surface area contributed by atoms with Crippen molar-refractivity contribution in [3.63, 3.8) is 0 Å². The van der Waals surface area contributed by atoms with Crippen molar-refractivity contribution in [1.82, 2.24) is 19.9 Å². The molecule has 1 aliphatic heterocycles. The zero-order valence-electron chi connectivity index (χ0n) is 15.8. The van der Waals surface area contributed by atoms with E-state index in [1.165, 1.54) is 0 Å². The van der Waals surface area contributed by atoms with Gasteiger partial charge in [0, 0.05) is 63.8 Å². The first-order valence-corrected chi connectivity index (χ1v) is 9.32. The van der Waals surface area contributed by atoms with Gasteiger partial charge in [0.2, 0.25) is 5.95 Å². The maximum atomic E-state index is 11.4. The van der Waals surface area contributed by atoms with E-state index in [1.807, 2.05) is 56.6 Å². The first-order valence-electron chi connectivity index (χ1n) is 9.32. The van der Waals surface area contributed by atoms with Crippen molar-refractivity contribution < 1.29 is 5.11 Å². The fourth-order valence-corrected chi connectivity index (χ4v) is 4.47. The topological polar surface area (TPSA) is 65.4 Å². The quantitative estimate of drug-likeness (QED) is 0.907. The van der Waals surface area contributed by atoms with Crippen molar-refractivity contribution in [3.05, 3.63) is 47.5 Å². The predicted octanol–water partition coefficient (Wildman–Crippen LogP) is 1.98. The number of aliphatic hydroxyl groups is 1. The van der Waals surface area contributed by atoms with Crippen molar-refractivity contribution in [2.24, 2.45) is 11.8 Å². The van der Waals surface area contributed by atoms with Gasteiger partial charge in [-0.2, -0.15) is 0 Å². The Balaban J connectivity index is 1.46. The van der Waals surface area contributed by atoms with Crippen LogP contribution >= 0.6 is 0 Å². The molecule has 2 fully saturated rings. The van der Waals surface area contributed by atoms with E-state index < -0.39 is 5.60 Å². The number of anilines is 1. The van der Waals surface area contributed by atoms with Crippen LogP contribution in [0, 0.1) is 18.8 Å². The minimum absolute atomic E-state index is 0.250. The monoisotopic (exact) mass is 353 g/mol. The molecule has 0 unspecified atom stereocenters. The second-order valence-electron chi connectivity index (χ2n) is 8.03. The summed E-state index contributed by atoms with van der Waals surface area (Å²) in [6.45, 7) is 4.78. The van der Waals surface area contributed by atoms with Gasteiger partial charge in [-0.1, -0.05) is 6.07 Å². The predicted molar refractivity (Wildman–Crippen MR) is 101 cm³/mol. The van der Waals surface area contributed by atoms with Crippen LogP contribution in [0.2, 0.25) is 0 Å². The van der Waals surface area contributed by atoms with Crippen molar-refractivity contribution in [2.45, 2.75) is 31.9 Å². The van der Waals surface area contributed by atoms with Gasteiger partial charge in [0.05, 0.1) is 5.69 Å². The molecule has 4 rings (SSSR count). The van der Waals surface area contributed by atoms with E-state index in [0.717, 1.165) is 55.2 Å². The Morgan fingerprint density at radius 2 is 1.92 bits per heavy atom. The highest BCUT2D eigenvalue weighted by Gasteiger charge is 2.53. The summed E-state index contributed by atoms with van der Waals surface area (Å²) >= 11 is 0. The molecule has 1 saturated carbocycles. The number of fused-ring (bicyclic) bond motifs is 1.